The fourth-order valence-corrected chi connectivity index (χ4v) is 4.32. The summed E-state index contributed by atoms with van der Waals surface area (Å²) in [6, 6.07) is 3.85. The van der Waals surface area contributed by atoms with E-state index in [9.17, 15) is 21.6 Å². The molecule has 0 saturated carbocycles. The molecule has 1 atom stereocenters. The van der Waals surface area contributed by atoms with Crippen LogP contribution < -0.4 is 10.5 Å². The Morgan fingerprint density at radius 2 is 2.00 bits per heavy atom. The van der Waals surface area contributed by atoms with Gasteiger partial charge in [-0.2, -0.15) is 0 Å². The number of ether oxygens (including phenoxy) is 1. The van der Waals surface area contributed by atoms with E-state index in [1.807, 2.05) is 6.92 Å². The first-order valence-corrected chi connectivity index (χ1v) is 12.6. The minimum Gasteiger partial charge on any atom is -0.477 e. The number of benzene rings is 1. The second-order valence-electron chi connectivity index (χ2n) is 7.69. The first kappa shape index (κ1) is 27.3. The predicted molar refractivity (Wildman–Crippen MR) is 127 cm³/mol. The lowest BCUT2D eigenvalue weighted by molar-refractivity contribution is 0.303. The third kappa shape index (κ3) is 6.55. The molecule has 186 valence electrons. The van der Waals surface area contributed by atoms with Crippen LogP contribution in [-0.4, -0.2) is 55.1 Å². The lowest BCUT2D eigenvalue weighted by atomic mass is 9.97. The maximum atomic E-state index is 14.7. The van der Waals surface area contributed by atoms with Crippen LogP contribution in [0.25, 0.3) is 11.9 Å². The molecule has 0 aliphatic heterocycles. The zero-order valence-electron chi connectivity index (χ0n) is 19.4. The number of alkyl halides is 1. The van der Waals surface area contributed by atoms with E-state index in [4.69, 9.17) is 10.5 Å². The van der Waals surface area contributed by atoms with Crippen LogP contribution in [0.2, 0.25) is 0 Å². The summed E-state index contributed by atoms with van der Waals surface area (Å²) in [6.45, 7) is 2.91. The number of nitrogens with two attached hydrogens (primary N) is 1. The number of rotatable bonds is 12. The number of hydrogen-bond acceptors (Lipinski definition) is 6. The van der Waals surface area contributed by atoms with E-state index in [1.165, 1.54) is 24.5 Å². The number of aromatic nitrogens is 2. The standard InChI is InChI=1S/C23H29F3N4O3S/c1-4-10-33-21-14-29-20(13-30-21)19(26)12-16-6-7-18(25)17(11-16)8-9-23(15-24,34(3,31)32)22(27)28-5-2/h6-7,11-14H,4-5,8-10,15H2,1-3H3,(H2,27,28)/b19-12-/t23-/m0/s1. The Bertz CT molecular complexity index is 1140. The SMILES string of the molecule is CCCOc1cnc(/C(F)=C/c2ccc(F)c(CC[C@](CF)(C(N)=NCC)S(C)(=O)=O)c2)cn1. The molecule has 0 fully saturated rings. The summed E-state index contributed by atoms with van der Waals surface area (Å²) in [4.78, 5) is 11.8. The Labute approximate surface area is 197 Å². The minimum atomic E-state index is -4.01. The Hall–Kier alpha value is -2.95. The molecule has 7 nitrogen and oxygen atoms in total. The van der Waals surface area contributed by atoms with E-state index in [0.29, 0.717) is 12.2 Å². The van der Waals surface area contributed by atoms with Gasteiger partial charge in [0.2, 0.25) is 5.88 Å². The summed E-state index contributed by atoms with van der Waals surface area (Å²) < 4.78 is 71.1. The molecule has 1 heterocycles. The van der Waals surface area contributed by atoms with Gasteiger partial charge in [0, 0.05) is 12.8 Å². The van der Waals surface area contributed by atoms with Crippen molar-refractivity contribution in [3.63, 3.8) is 0 Å². The zero-order chi connectivity index (χ0) is 25.4. The van der Waals surface area contributed by atoms with Gasteiger partial charge in [-0.25, -0.2) is 31.6 Å². The molecular formula is C23H29F3N4O3S. The zero-order valence-corrected chi connectivity index (χ0v) is 20.2. The van der Waals surface area contributed by atoms with E-state index in [1.54, 1.807) is 6.92 Å². The number of aliphatic imine (C=N–C) groups is 1. The van der Waals surface area contributed by atoms with E-state index in [2.05, 4.69) is 15.0 Å². The molecule has 0 aliphatic carbocycles. The van der Waals surface area contributed by atoms with Crippen LogP contribution in [0.15, 0.2) is 35.6 Å². The van der Waals surface area contributed by atoms with Crippen molar-refractivity contribution in [1.82, 2.24) is 9.97 Å². The van der Waals surface area contributed by atoms with Gasteiger partial charge in [0.15, 0.2) is 20.4 Å². The van der Waals surface area contributed by atoms with E-state index < -0.39 is 32.9 Å². The number of sulfone groups is 1. The summed E-state index contributed by atoms with van der Waals surface area (Å²) >= 11 is 0. The normalized spacial score (nSPS) is 14.6. The topological polar surface area (TPSA) is 108 Å². The second-order valence-corrected chi connectivity index (χ2v) is 10.0. The lowest BCUT2D eigenvalue weighted by Gasteiger charge is -2.28. The van der Waals surface area contributed by atoms with E-state index in [0.717, 1.165) is 24.8 Å². The van der Waals surface area contributed by atoms with Crippen molar-refractivity contribution in [2.45, 2.75) is 37.9 Å². The molecule has 0 amide bonds. The number of amidine groups is 1. The van der Waals surface area contributed by atoms with Gasteiger partial charge in [0.1, 0.15) is 24.0 Å². The van der Waals surface area contributed by atoms with Crippen LogP contribution >= 0.6 is 0 Å². The fourth-order valence-electron chi connectivity index (χ4n) is 3.21. The van der Waals surface area contributed by atoms with Crippen LogP contribution in [0, 0.1) is 5.82 Å². The van der Waals surface area contributed by atoms with Crippen LogP contribution in [-0.2, 0) is 16.3 Å². The molecule has 2 rings (SSSR count). The number of halogens is 3. The molecule has 0 radical (unpaired) electrons. The summed E-state index contributed by atoms with van der Waals surface area (Å²) in [6.07, 6.45) is 4.85. The molecule has 0 bridgehead atoms. The largest absolute Gasteiger partial charge is 0.477 e. The van der Waals surface area contributed by atoms with Gasteiger partial charge in [0.05, 0.1) is 19.0 Å². The highest BCUT2D eigenvalue weighted by Crippen LogP contribution is 2.27. The molecular weight excluding hydrogens is 469 g/mol. The van der Waals surface area contributed by atoms with Crippen molar-refractivity contribution in [2.24, 2.45) is 10.7 Å². The Balaban J connectivity index is 2.29. The third-order valence-corrected chi connectivity index (χ3v) is 7.15. The van der Waals surface area contributed by atoms with Crippen molar-refractivity contribution in [3.05, 3.63) is 53.2 Å². The van der Waals surface area contributed by atoms with Gasteiger partial charge < -0.3 is 10.5 Å². The number of aryl methyl sites for hydroxylation is 1. The van der Waals surface area contributed by atoms with E-state index >= 15 is 0 Å². The maximum Gasteiger partial charge on any atom is 0.232 e. The molecule has 0 aliphatic rings. The molecule has 11 heteroatoms. The Kier molecular flexibility index (Phi) is 9.60. The first-order valence-electron chi connectivity index (χ1n) is 10.7. The monoisotopic (exact) mass is 498 g/mol. The summed E-state index contributed by atoms with van der Waals surface area (Å²) in [5.41, 5.74) is 6.17. The van der Waals surface area contributed by atoms with E-state index in [-0.39, 0.29) is 42.4 Å². The van der Waals surface area contributed by atoms with Crippen molar-refractivity contribution in [3.8, 4) is 5.88 Å². The second kappa shape index (κ2) is 12.0. The molecule has 2 aromatic rings. The Morgan fingerprint density at radius 1 is 1.26 bits per heavy atom. The van der Waals surface area contributed by atoms with Gasteiger partial charge in [-0.05, 0) is 55.5 Å². The van der Waals surface area contributed by atoms with Crippen molar-refractivity contribution in [1.29, 1.82) is 0 Å². The van der Waals surface area contributed by atoms with Crippen LogP contribution in [0.3, 0.4) is 0 Å². The fraction of sp³-hybridized carbons (Fsp3) is 0.435. The average Bonchev–Trinajstić information content (AvgIpc) is 2.79. The number of nitrogens with zero attached hydrogens (tertiary/aromatic N) is 3. The van der Waals surface area contributed by atoms with Crippen molar-refractivity contribution < 1.29 is 26.3 Å². The molecule has 0 spiro atoms. The molecule has 0 unspecified atom stereocenters. The van der Waals surface area contributed by atoms with Crippen LogP contribution in [0.1, 0.15) is 43.5 Å². The molecule has 1 aromatic heterocycles. The van der Waals surface area contributed by atoms with Gasteiger partial charge >= 0.3 is 0 Å². The minimum absolute atomic E-state index is 0.0354. The smallest absolute Gasteiger partial charge is 0.232 e. The highest BCUT2D eigenvalue weighted by Gasteiger charge is 2.45. The number of hydrogen-bond donors (Lipinski definition) is 1. The maximum absolute atomic E-state index is 14.7. The molecule has 1 aromatic carbocycles. The molecule has 0 saturated heterocycles. The first-order chi connectivity index (χ1) is 16.1. The summed E-state index contributed by atoms with van der Waals surface area (Å²) in [5.74, 6) is -1.43. The highest BCUT2D eigenvalue weighted by molar-refractivity contribution is 7.93. The van der Waals surface area contributed by atoms with Gasteiger partial charge in [0.25, 0.3) is 0 Å². The quantitative estimate of drug-likeness (QED) is 0.351. The molecule has 2 N–H and O–H groups in total. The van der Waals surface area contributed by atoms with Crippen LogP contribution in [0.4, 0.5) is 13.2 Å². The van der Waals surface area contributed by atoms with Gasteiger partial charge in [-0.1, -0.05) is 13.0 Å². The third-order valence-electron chi connectivity index (χ3n) is 5.21. The van der Waals surface area contributed by atoms with Crippen LogP contribution in [0.5, 0.6) is 5.88 Å². The average molecular weight is 499 g/mol. The summed E-state index contributed by atoms with van der Waals surface area (Å²) in [7, 11) is -4.01. The predicted octanol–water partition coefficient (Wildman–Crippen LogP) is 3.93. The van der Waals surface area contributed by atoms with Crippen molar-refractivity contribution >= 4 is 27.6 Å². The van der Waals surface area contributed by atoms with Gasteiger partial charge in [-0.3, -0.25) is 4.99 Å². The summed E-state index contributed by atoms with van der Waals surface area (Å²) in [5, 5.41) is 0. The molecule has 34 heavy (non-hydrogen) atoms. The lowest BCUT2D eigenvalue weighted by Crippen LogP contribution is -2.52. The Morgan fingerprint density at radius 3 is 2.56 bits per heavy atom. The van der Waals surface area contributed by atoms with Gasteiger partial charge in [-0.15, -0.1) is 0 Å². The highest BCUT2D eigenvalue weighted by atomic mass is 32.2. The van der Waals surface area contributed by atoms with Crippen molar-refractivity contribution in [2.75, 3.05) is 26.1 Å².